The van der Waals surface area contributed by atoms with Crippen LogP contribution in [0.25, 0.3) is 0 Å². The van der Waals surface area contributed by atoms with E-state index < -0.39 is 0 Å². The van der Waals surface area contributed by atoms with E-state index >= 15 is 0 Å². The number of hydrogen-bond acceptors (Lipinski definition) is 3. The molecule has 0 aromatic carbocycles. The number of nitrogens with zero attached hydrogens (tertiary/aromatic N) is 5. The van der Waals surface area contributed by atoms with Crippen molar-refractivity contribution in [1.29, 1.82) is 0 Å². The van der Waals surface area contributed by atoms with E-state index in [1.54, 1.807) is 0 Å². The lowest BCUT2D eigenvalue weighted by atomic mass is 9.89. The van der Waals surface area contributed by atoms with Crippen molar-refractivity contribution < 1.29 is 0 Å². The zero-order valence-electron chi connectivity index (χ0n) is 16.7. The van der Waals surface area contributed by atoms with Gasteiger partial charge in [0, 0.05) is 39.1 Å². The number of aliphatic imine (C=N–C) groups is 1. The number of guanidine groups is 1. The first-order valence-electron chi connectivity index (χ1n) is 10.7. The van der Waals surface area contributed by atoms with Crippen LogP contribution in [0, 0.1) is 11.8 Å². The molecule has 1 N–H and O–H groups in total. The molecule has 1 saturated heterocycles. The summed E-state index contributed by atoms with van der Waals surface area (Å²) >= 11 is 0. The van der Waals surface area contributed by atoms with E-state index in [0.717, 1.165) is 62.8 Å². The summed E-state index contributed by atoms with van der Waals surface area (Å²) in [5.41, 5.74) is 0. The second kappa shape index (κ2) is 9.93. The van der Waals surface area contributed by atoms with Crippen LogP contribution in [0.15, 0.2) is 11.3 Å². The molecule has 1 aromatic heterocycles. The number of aromatic nitrogens is 3. The lowest BCUT2D eigenvalue weighted by molar-refractivity contribution is 0.271. The third kappa shape index (κ3) is 5.45. The average Bonchev–Trinajstić information content (AvgIpc) is 3.13. The predicted octanol–water partition coefficient (Wildman–Crippen LogP) is 3.10. The molecule has 6 nitrogen and oxygen atoms in total. The van der Waals surface area contributed by atoms with Gasteiger partial charge in [-0.3, -0.25) is 4.99 Å². The van der Waals surface area contributed by atoms with Gasteiger partial charge < -0.3 is 14.8 Å². The summed E-state index contributed by atoms with van der Waals surface area (Å²) in [7, 11) is 0. The van der Waals surface area contributed by atoms with E-state index in [0.29, 0.717) is 0 Å². The van der Waals surface area contributed by atoms with Crippen molar-refractivity contribution in [3.05, 3.63) is 12.2 Å². The minimum absolute atomic E-state index is 0.786. The zero-order chi connectivity index (χ0) is 18.2. The molecule has 2 fully saturated rings. The fraction of sp³-hybridized carbons (Fsp3) is 0.850. The number of aryl methyl sites for hydroxylation is 1. The maximum absolute atomic E-state index is 5.05. The highest BCUT2D eigenvalue weighted by Gasteiger charge is 2.20. The molecule has 26 heavy (non-hydrogen) atoms. The second-order valence-electron chi connectivity index (χ2n) is 8.06. The Bertz CT molecular complexity index is 552. The van der Waals surface area contributed by atoms with E-state index in [-0.39, 0.29) is 0 Å². The molecule has 0 spiro atoms. The van der Waals surface area contributed by atoms with Gasteiger partial charge in [0.15, 0.2) is 5.96 Å². The smallest absolute Gasteiger partial charge is 0.193 e. The van der Waals surface area contributed by atoms with Crippen LogP contribution in [0.2, 0.25) is 0 Å². The molecule has 1 aromatic rings. The molecular formula is C20H36N6. The van der Waals surface area contributed by atoms with Crippen LogP contribution in [0.3, 0.4) is 0 Å². The fourth-order valence-electron chi connectivity index (χ4n) is 4.10. The third-order valence-electron chi connectivity index (χ3n) is 5.95. The first-order chi connectivity index (χ1) is 12.8. The standard InChI is InChI=1S/C20H36N6/c1-3-19-24-23-16-26(19)14-11-21-20(25-12-9-17(2)10-13-25)22-15-18-7-5-4-6-8-18/h16-18H,3-15H2,1-2H3,(H,21,22). The van der Waals surface area contributed by atoms with E-state index in [9.17, 15) is 0 Å². The maximum atomic E-state index is 5.05. The summed E-state index contributed by atoms with van der Waals surface area (Å²) in [6, 6.07) is 0. The average molecular weight is 361 g/mol. The molecule has 0 atom stereocenters. The lowest BCUT2D eigenvalue weighted by Crippen LogP contribution is -2.46. The fourth-order valence-corrected chi connectivity index (χ4v) is 4.10. The monoisotopic (exact) mass is 360 g/mol. The number of piperidine rings is 1. The third-order valence-corrected chi connectivity index (χ3v) is 5.95. The Balaban J connectivity index is 1.56. The molecule has 1 aliphatic carbocycles. The van der Waals surface area contributed by atoms with Crippen LogP contribution in [-0.4, -0.2) is 51.8 Å². The molecule has 0 amide bonds. The molecule has 2 heterocycles. The van der Waals surface area contributed by atoms with Crippen molar-refractivity contribution in [2.24, 2.45) is 16.8 Å². The van der Waals surface area contributed by atoms with Gasteiger partial charge >= 0.3 is 0 Å². The molecule has 2 aliphatic rings. The predicted molar refractivity (Wildman–Crippen MR) is 106 cm³/mol. The molecule has 0 bridgehead atoms. The molecular weight excluding hydrogens is 324 g/mol. The van der Waals surface area contributed by atoms with Crippen LogP contribution in [-0.2, 0) is 13.0 Å². The SMILES string of the molecule is CCc1nncn1CCNC(=NCC1CCCCC1)N1CCC(C)CC1. The van der Waals surface area contributed by atoms with Crippen LogP contribution >= 0.6 is 0 Å². The lowest BCUT2D eigenvalue weighted by Gasteiger charge is -2.33. The summed E-state index contributed by atoms with van der Waals surface area (Å²) in [5, 5.41) is 11.8. The second-order valence-corrected chi connectivity index (χ2v) is 8.06. The Kier molecular flexibility index (Phi) is 7.32. The minimum atomic E-state index is 0.786. The molecule has 6 heteroatoms. The van der Waals surface area contributed by atoms with Gasteiger partial charge in [-0.25, -0.2) is 0 Å². The molecule has 1 aliphatic heterocycles. The van der Waals surface area contributed by atoms with Gasteiger partial charge in [-0.05, 0) is 37.5 Å². The van der Waals surface area contributed by atoms with Gasteiger partial charge in [0.05, 0.1) is 0 Å². The number of nitrogens with one attached hydrogen (secondary N) is 1. The number of hydrogen-bond donors (Lipinski definition) is 1. The summed E-state index contributed by atoms with van der Waals surface area (Å²) in [6.45, 7) is 9.50. The Morgan fingerprint density at radius 2 is 1.96 bits per heavy atom. The summed E-state index contributed by atoms with van der Waals surface area (Å²) in [5.74, 6) is 3.80. The minimum Gasteiger partial charge on any atom is -0.354 e. The van der Waals surface area contributed by atoms with Crippen molar-refractivity contribution in [3.63, 3.8) is 0 Å². The van der Waals surface area contributed by atoms with Crippen molar-refractivity contribution in [2.45, 2.75) is 71.8 Å². The van der Waals surface area contributed by atoms with E-state index in [1.165, 1.54) is 44.9 Å². The van der Waals surface area contributed by atoms with Gasteiger partial charge in [0.1, 0.15) is 12.2 Å². The highest BCUT2D eigenvalue weighted by molar-refractivity contribution is 5.80. The summed E-state index contributed by atoms with van der Waals surface area (Å²) < 4.78 is 2.14. The zero-order valence-corrected chi connectivity index (χ0v) is 16.7. The van der Waals surface area contributed by atoms with Crippen molar-refractivity contribution in [3.8, 4) is 0 Å². The van der Waals surface area contributed by atoms with Crippen LogP contribution in [0.4, 0.5) is 0 Å². The van der Waals surface area contributed by atoms with E-state index in [2.05, 4.69) is 38.8 Å². The van der Waals surface area contributed by atoms with Crippen molar-refractivity contribution in [2.75, 3.05) is 26.2 Å². The summed E-state index contributed by atoms with van der Waals surface area (Å²) in [4.78, 5) is 7.52. The highest BCUT2D eigenvalue weighted by atomic mass is 15.3. The van der Waals surface area contributed by atoms with Crippen LogP contribution in [0.1, 0.15) is 64.6 Å². The van der Waals surface area contributed by atoms with Crippen LogP contribution in [0.5, 0.6) is 0 Å². The molecule has 3 rings (SSSR count). The normalized spacial score (nSPS) is 20.5. The molecule has 0 unspecified atom stereocenters. The van der Waals surface area contributed by atoms with Crippen LogP contribution < -0.4 is 5.32 Å². The maximum Gasteiger partial charge on any atom is 0.193 e. The Morgan fingerprint density at radius 1 is 1.19 bits per heavy atom. The highest BCUT2D eigenvalue weighted by Crippen LogP contribution is 2.24. The first-order valence-corrected chi connectivity index (χ1v) is 10.7. The Morgan fingerprint density at radius 3 is 2.69 bits per heavy atom. The van der Waals surface area contributed by atoms with Crippen molar-refractivity contribution in [1.82, 2.24) is 25.0 Å². The Hall–Kier alpha value is -1.59. The van der Waals surface area contributed by atoms with Gasteiger partial charge in [-0.2, -0.15) is 0 Å². The first kappa shape index (κ1) is 19.2. The quantitative estimate of drug-likeness (QED) is 0.625. The molecule has 1 saturated carbocycles. The topological polar surface area (TPSA) is 58.3 Å². The van der Waals surface area contributed by atoms with Gasteiger partial charge in [0.2, 0.25) is 0 Å². The van der Waals surface area contributed by atoms with Gasteiger partial charge in [0.25, 0.3) is 0 Å². The molecule has 0 radical (unpaired) electrons. The largest absolute Gasteiger partial charge is 0.354 e. The number of rotatable bonds is 6. The van der Waals surface area contributed by atoms with Gasteiger partial charge in [-0.1, -0.05) is 33.1 Å². The molecule has 146 valence electrons. The summed E-state index contributed by atoms with van der Waals surface area (Å²) in [6.07, 6.45) is 12.2. The van der Waals surface area contributed by atoms with E-state index in [1.807, 2.05) is 6.33 Å². The van der Waals surface area contributed by atoms with Crippen molar-refractivity contribution >= 4 is 5.96 Å². The Labute approximate surface area is 158 Å². The number of likely N-dealkylation sites (tertiary alicyclic amines) is 1. The van der Waals surface area contributed by atoms with Gasteiger partial charge in [-0.15, -0.1) is 10.2 Å². The van der Waals surface area contributed by atoms with E-state index in [4.69, 9.17) is 4.99 Å².